The average Bonchev–Trinajstić information content (AvgIpc) is 3.36. The lowest BCUT2D eigenvalue weighted by Crippen LogP contribution is -2.68. The number of aliphatic hydroxyl groups is 8. The third kappa shape index (κ3) is 8.77. The van der Waals surface area contributed by atoms with Crippen molar-refractivity contribution in [3.8, 4) is 0 Å². The maximum Gasteiger partial charge on any atom is 0.251 e. The zero-order valence-electron chi connectivity index (χ0n) is 26.2. The van der Waals surface area contributed by atoms with E-state index in [2.05, 4.69) is 5.32 Å². The fourth-order valence-corrected chi connectivity index (χ4v) is 6.32. The quantitative estimate of drug-likeness (QED) is 0.0847. The number of carbonyl (C=O) groups is 1. The Bertz CT molecular complexity index is 1030. The van der Waals surface area contributed by atoms with Crippen molar-refractivity contribution in [3.63, 3.8) is 0 Å². The van der Waals surface area contributed by atoms with Crippen molar-refractivity contribution in [1.29, 1.82) is 0 Å². The highest BCUT2D eigenvalue weighted by Gasteiger charge is 2.54. The van der Waals surface area contributed by atoms with Crippen molar-refractivity contribution in [1.82, 2.24) is 5.32 Å². The molecule has 4 aliphatic rings. The molecule has 19 N–H and O–H groups in total. The van der Waals surface area contributed by atoms with E-state index in [9.17, 15) is 45.6 Å². The van der Waals surface area contributed by atoms with Gasteiger partial charge in [0.05, 0.1) is 37.0 Å². The van der Waals surface area contributed by atoms with E-state index in [0.29, 0.717) is 0 Å². The van der Waals surface area contributed by atoms with Gasteiger partial charge in [-0.2, -0.15) is 0 Å². The average molecular weight is 701 g/mol. The molecule has 3 saturated heterocycles. The van der Waals surface area contributed by atoms with E-state index in [1.54, 1.807) is 0 Å². The number of rotatable bonds is 13. The van der Waals surface area contributed by atoms with Gasteiger partial charge in [-0.25, -0.2) is 0 Å². The monoisotopic (exact) mass is 700 g/mol. The summed E-state index contributed by atoms with van der Waals surface area (Å²) in [4.78, 5) is 12.7. The Balaban J connectivity index is 1.55. The fraction of sp³-hybridized carbons (Fsp3) is 0.963. The van der Waals surface area contributed by atoms with Crippen LogP contribution in [0.25, 0.3) is 0 Å². The van der Waals surface area contributed by atoms with Gasteiger partial charge < -0.3 is 103 Å². The van der Waals surface area contributed by atoms with Gasteiger partial charge in [-0.15, -0.1) is 0 Å². The number of nitrogens with one attached hydrogen (secondary N) is 1. The maximum absolute atomic E-state index is 12.7. The van der Waals surface area contributed by atoms with E-state index in [1.807, 2.05) is 0 Å². The highest BCUT2D eigenvalue weighted by molar-refractivity contribution is 5.81. The summed E-state index contributed by atoms with van der Waals surface area (Å²) in [5.41, 5.74) is 29.3. The molecule has 0 radical (unpaired) electrons. The molecule has 280 valence electrons. The molecule has 3 heterocycles. The predicted octanol–water partition coefficient (Wildman–Crippen LogP) is -8.97. The Morgan fingerprint density at radius 2 is 1.46 bits per heavy atom. The molecule has 4 fully saturated rings. The Kier molecular flexibility index (Phi) is 14.2. The molecule has 0 spiro atoms. The smallest absolute Gasteiger partial charge is 0.251 e. The Labute approximate surface area is 276 Å². The van der Waals surface area contributed by atoms with E-state index in [0.717, 1.165) is 0 Å². The van der Waals surface area contributed by atoms with Crippen molar-refractivity contribution in [2.45, 2.75) is 136 Å². The van der Waals surface area contributed by atoms with E-state index >= 15 is 0 Å². The van der Waals surface area contributed by atoms with Crippen LogP contribution in [0.4, 0.5) is 0 Å². The number of nitrogens with two attached hydrogens (primary N) is 5. The summed E-state index contributed by atoms with van der Waals surface area (Å²) in [6.45, 7) is -1.21. The highest BCUT2D eigenvalue weighted by atomic mass is 16.8. The van der Waals surface area contributed by atoms with Gasteiger partial charge in [0, 0.05) is 38.5 Å². The minimum Gasteiger partial charge on any atom is -0.394 e. The van der Waals surface area contributed by atoms with Crippen LogP contribution in [0.2, 0.25) is 0 Å². The number of hydrogen-bond donors (Lipinski definition) is 14. The van der Waals surface area contributed by atoms with Crippen molar-refractivity contribution >= 4 is 5.91 Å². The van der Waals surface area contributed by atoms with Gasteiger partial charge in [0.2, 0.25) is 0 Å². The van der Waals surface area contributed by atoms with E-state index in [4.69, 9.17) is 57.1 Å². The molecule has 0 aromatic rings. The molecule has 3 aliphatic heterocycles. The first-order valence-corrected chi connectivity index (χ1v) is 16.0. The van der Waals surface area contributed by atoms with Gasteiger partial charge in [0.1, 0.15) is 54.9 Å². The second-order valence-electron chi connectivity index (χ2n) is 12.6. The van der Waals surface area contributed by atoms with E-state index < -0.39 is 135 Å². The fourth-order valence-electron chi connectivity index (χ4n) is 6.32. The third-order valence-electron chi connectivity index (χ3n) is 9.21. The summed E-state index contributed by atoms with van der Waals surface area (Å²) in [7, 11) is 0. The zero-order chi connectivity index (χ0) is 35.4. The summed E-state index contributed by atoms with van der Waals surface area (Å²) < 4.78 is 35.2. The predicted molar refractivity (Wildman–Crippen MR) is 159 cm³/mol. The van der Waals surface area contributed by atoms with Gasteiger partial charge in [-0.1, -0.05) is 0 Å². The lowest BCUT2D eigenvalue weighted by atomic mass is 9.83. The van der Waals surface area contributed by atoms with Gasteiger partial charge in [-0.3, -0.25) is 4.79 Å². The third-order valence-corrected chi connectivity index (χ3v) is 9.21. The van der Waals surface area contributed by atoms with E-state index in [-0.39, 0.29) is 32.4 Å². The molecule has 4 rings (SSSR count). The van der Waals surface area contributed by atoms with Crippen molar-refractivity contribution in [3.05, 3.63) is 0 Å². The van der Waals surface area contributed by atoms with Crippen LogP contribution in [0.5, 0.6) is 0 Å². The van der Waals surface area contributed by atoms with Crippen LogP contribution in [0, 0.1) is 0 Å². The topological polar surface area (TPSA) is 376 Å². The summed E-state index contributed by atoms with van der Waals surface area (Å²) in [6.07, 6.45) is -21.6. The first-order valence-electron chi connectivity index (χ1n) is 16.0. The standard InChI is InChI=1S/C27H52N6O15/c28-4-8-1-11(35)17(32)26(43-8)47-22-9(31)2-10(33-25(42)20(40)13(37)5-29)18(38)24(22)48-27-21(41)23(15(7-34)45-27)46-16-3-12(36)19(39)14(6-30)44-16/h8-24,26-27,34-41H,1-7,28-32H2,(H,33,42). The molecule has 0 bridgehead atoms. The molecular weight excluding hydrogens is 648 g/mol. The second kappa shape index (κ2) is 17.3. The van der Waals surface area contributed by atoms with Crippen molar-refractivity contribution < 1.29 is 74.1 Å². The normalized spacial score (nSPS) is 46.6. The Hall–Kier alpha value is -1.29. The van der Waals surface area contributed by atoms with Crippen LogP contribution in [-0.2, 0) is 33.2 Å². The minimum atomic E-state index is -1.93. The zero-order valence-corrected chi connectivity index (χ0v) is 26.2. The molecule has 0 aromatic heterocycles. The van der Waals surface area contributed by atoms with Crippen LogP contribution in [0.15, 0.2) is 0 Å². The SMILES string of the molecule is NCC1CC(O)C(N)C(OC2C(N)CC(NC(=O)C(O)C(O)CN)C(O)C2OC2OC(CO)C(OC3CC(O)C(O)C(CN)O3)C2O)O1. The van der Waals surface area contributed by atoms with Crippen molar-refractivity contribution in [2.75, 3.05) is 26.2 Å². The number of ether oxygens (including phenoxy) is 6. The molecule has 48 heavy (non-hydrogen) atoms. The van der Waals surface area contributed by atoms with Gasteiger partial charge in [0.15, 0.2) is 25.0 Å². The maximum atomic E-state index is 12.7. The minimum absolute atomic E-state index is 0.0345. The highest BCUT2D eigenvalue weighted by Crippen LogP contribution is 2.34. The summed E-state index contributed by atoms with van der Waals surface area (Å²) in [5, 5.41) is 86.0. The molecule has 19 atom stereocenters. The number of aliphatic hydroxyl groups excluding tert-OH is 8. The lowest BCUT2D eigenvalue weighted by molar-refractivity contribution is -0.295. The molecule has 0 aromatic carbocycles. The second-order valence-corrected chi connectivity index (χ2v) is 12.6. The molecule has 21 nitrogen and oxygen atoms in total. The first kappa shape index (κ1) is 39.5. The molecule has 19 unspecified atom stereocenters. The summed E-state index contributed by atoms with van der Waals surface area (Å²) in [5.74, 6) is -1.06. The summed E-state index contributed by atoms with van der Waals surface area (Å²) in [6, 6.07) is -3.30. The van der Waals surface area contributed by atoms with E-state index in [1.165, 1.54) is 0 Å². The van der Waals surface area contributed by atoms with Gasteiger partial charge in [0.25, 0.3) is 5.91 Å². The number of carbonyl (C=O) groups excluding carboxylic acids is 1. The molecule has 1 amide bonds. The molecule has 1 aliphatic carbocycles. The number of hydrogen-bond acceptors (Lipinski definition) is 20. The molecular formula is C27H52N6O15. The number of amides is 1. The van der Waals surface area contributed by atoms with Crippen LogP contribution in [-0.4, -0.2) is 189 Å². The van der Waals surface area contributed by atoms with Crippen LogP contribution >= 0.6 is 0 Å². The largest absolute Gasteiger partial charge is 0.394 e. The van der Waals surface area contributed by atoms with Crippen LogP contribution < -0.4 is 34.0 Å². The van der Waals surface area contributed by atoms with Gasteiger partial charge >= 0.3 is 0 Å². The van der Waals surface area contributed by atoms with Gasteiger partial charge in [-0.05, 0) is 6.42 Å². The van der Waals surface area contributed by atoms with Crippen LogP contribution in [0.3, 0.4) is 0 Å². The Morgan fingerprint density at radius 3 is 2.08 bits per heavy atom. The molecule has 1 saturated carbocycles. The molecule has 21 heteroatoms. The van der Waals surface area contributed by atoms with Crippen LogP contribution in [0.1, 0.15) is 19.3 Å². The summed E-state index contributed by atoms with van der Waals surface area (Å²) >= 11 is 0. The van der Waals surface area contributed by atoms with Crippen molar-refractivity contribution in [2.24, 2.45) is 28.7 Å². The first-order chi connectivity index (χ1) is 22.7. The lowest BCUT2D eigenvalue weighted by Gasteiger charge is -2.47. The Morgan fingerprint density at radius 1 is 0.771 bits per heavy atom.